The highest BCUT2D eigenvalue weighted by Crippen LogP contribution is 2.26. The van der Waals surface area contributed by atoms with Gasteiger partial charge < -0.3 is 9.47 Å². The molecule has 2 atom stereocenters. The Morgan fingerprint density at radius 3 is 2.18 bits per heavy atom. The molecule has 0 saturated carbocycles. The topological polar surface area (TPSA) is 95.7 Å². The minimum Gasteiger partial charge on any atom is -0.469 e. The maximum atomic E-state index is 12.4. The molecule has 0 aliphatic heterocycles. The third-order valence-corrected chi connectivity index (χ3v) is 4.51. The first kappa shape index (κ1) is 21.1. The molecule has 0 heterocycles. The average Bonchev–Trinajstić information content (AvgIpc) is 2.71. The summed E-state index contributed by atoms with van der Waals surface area (Å²) in [5.74, 6) is -1.54. The summed E-state index contributed by atoms with van der Waals surface area (Å²) in [6.45, 7) is 3.81. The summed E-state index contributed by atoms with van der Waals surface area (Å²) in [5.41, 5.74) is 1.98. The van der Waals surface area contributed by atoms with Crippen LogP contribution in [0.3, 0.4) is 0 Å². The first-order chi connectivity index (χ1) is 13.3. The van der Waals surface area contributed by atoms with E-state index >= 15 is 0 Å². The molecular formula is C21H23NO6. The lowest BCUT2D eigenvalue weighted by molar-refractivity contribution is -0.384. The SMILES string of the molecule is CC[C@H](CC(C(=O)OC)c1ccc(C)cc1)OC(=O)c1ccc([N+](=O)[O-])cc1. The molecule has 7 heteroatoms. The zero-order valence-electron chi connectivity index (χ0n) is 16.1. The van der Waals surface area contributed by atoms with Crippen molar-refractivity contribution in [2.75, 3.05) is 7.11 Å². The van der Waals surface area contributed by atoms with Gasteiger partial charge in [-0.25, -0.2) is 4.79 Å². The fraction of sp³-hybridized carbons (Fsp3) is 0.333. The van der Waals surface area contributed by atoms with Crippen LogP contribution >= 0.6 is 0 Å². The van der Waals surface area contributed by atoms with Crippen molar-refractivity contribution in [3.05, 3.63) is 75.3 Å². The van der Waals surface area contributed by atoms with E-state index in [0.717, 1.165) is 11.1 Å². The van der Waals surface area contributed by atoms with E-state index in [0.29, 0.717) is 6.42 Å². The van der Waals surface area contributed by atoms with Gasteiger partial charge in [-0.05, 0) is 31.0 Å². The van der Waals surface area contributed by atoms with Crippen molar-refractivity contribution in [1.82, 2.24) is 0 Å². The number of nitro groups is 1. The molecule has 0 spiro atoms. The van der Waals surface area contributed by atoms with Crippen LogP contribution in [-0.2, 0) is 14.3 Å². The molecule has 0 aromatic heterocycles. The second kappa shape index (κ2) is 9.64. The Labute approximate surface area is 163 Å². The largest absolute Gasteiger partial charge is 0.469 e. The zero-order valence-corrected chi connectivity index (χ0v) is 16.1. The lowest BCUT2D eigenvalue weighted by Gasteiger charge is -2.22. The van der Waals surface area contributed by atoms with Crippen LogP contribution in [0.2, 0.25) is 0 Å². The predicted octanol–water partition coefficient (Wildman–Crippen LogP) is 4.19. The maximum Gasteiger partial charge on any atom is 0.338 e. The number of benzene rings is 2. The first-order valence-electron chi connectivity index (χ1n) is 8.95. The van der Waals surface area contributed by atoms with Crippen molar-refractivity contribution in [3.8, 4) is 0 Å². The van der Waals surface area contributed by atoms with Crippen molar-refractivity contribution in [2.45, 2.75) is 38.7 Å². The summed E-state index contributed by atoms with van der Waals surface area (Å²) < 4.78 is 10.5. The van der Waals surface area contributed by atoms with Gasteiger partial charge in [0.05, 0.1) is 23.5 Å². The van der Waals surface area contributed by atoms with Gasteiger partial charge in [-0.1, -0.05) is 36.8 Å². The third kappa shape index (κ3) is 5.39. The number of carbonyl (C=O) groups is 2. The van der Waals surface area contributed by atoms with Gasteiger partial charge in [0.2, 0.25) is 0 Å². The van der Waals surface area contributed by atoms with E-state index < -0.39 is 28.9 Å². The Hall–Kier alpha value is -3.22. The van der Waals surface area contributed by atoms with E-state index in [1.165, 1.54) is 31.4 Å². The number of nitro benzene ring substituents is 1. The van der Waals surface area contributed by atoms with E-state index in [4.69, 9.17) is 9.47 Å². The number of non-ortho nitro benzene ring substituents is 1. The lowest BCUT2D eigenvalue weighted by atomic mass is 9.91. The Kier molecular flexibility index (Phi) is 7.26. The van der Waals surface area contributed by atoms with E-state index in [1.54, 1.807) is 0 Å². The third-order valence-electron chi connectivity index (χ3n) is 4.51. The van der Waals surface area contributed by atoms with E-state index in [1.807, 2.05) is 38.1 Å². The fourth-order valence-corrected chi connectivity index (χ4v) is 2.81. The summed E-state index contributed by atoms with van der Waals surface area (Å²) in [6.07, 6.45) is 0.288. The number of nitrogens with zero attached hydrogens (tertiary/aromatic N) is 1. The summed E-state index contributed by atoms with van der Waals surface area (Å²) in [6, 6.07) is 12.8. The molecule has 0 N–H and O–H groups in total. The fourth-order valence-electron chi connectivity index (χ4n) is 2.81. The Morgan fingerprint density at radius 2 is 1.68 bits per heavy atom. The van der Waals surface area contributed by atoms with Crippen molar-refractivity contribution in [2.24, 2.45) is 0 Å². The van der Waals surface area contributed by atoms with Crippen LogP contribution in [0.25, 0.3) is 0 Å². The highest BCUT2D eigenvalue weighted by atomic mass is 16.6. The second-order valence-electron chi connectivity index (χ2n) is 6.46. The molecular weight excluding hydrogens is 362 g/mol. The van der Waals surface area contributed by atoms with E-state index in [-0.39, 0.29) is 17.7 Å². The van der Waals surface area contributed by atoms with E-state index in [2.05, 4.69) is 0 Å². The molecule has 28 heavy (non-hydrogen) atoms. The van der Waals surface area contributed by atoms with Gasteiger partial charge in [-0.3, -0.25) is 14.9 Å². The maximum absolute atomic E-state index is 12.4. The molecule has 0 bridgehead atoms. The molecule has 148 valence electrons. The van der Waals surface area contributed by atoms with Crippen molar-refractivity contribution in [1.29, 1.82) is 0 Å². The molecule has 2 rings (SSSR count). The van der Waals surface area contributed by atoms with Crippen molar-refractivity contribution < 1.29 is 24.0 Å². The number of esters is 2. The molecule has 2 aromatic rings. The van der Waals surface area contributed by atoms with Gasteiger partial charge in [-0.15, -0.1) is 0 Å². The van der Waals surface area contributed by atoms with E-state index in [9.17, 15) is 19.7 Å². The molecule has 0 radical (unpaired) electrons. The summed E-state index contributed by atoms with van der Waals surface area (Å²) in [4.78, 5) is 34.9. The molecule has 0 aliphatic carbocycles. The zero-order chi connectivity index (χ0) is 20.7. The molecule has 0 aliphatic rings. The molecule has 7 nitrogen and oxygen atoms in total. The first-order valence-corrected chi connectivity index (χ1v) is 8.95. The number of hydrogen-bond acceptors (Lipinski definition) is 6. The normalized spacial score (nSPS) is 12.7. The quantitative estimate of drug-likeness (QED) is 0.384. The monoisotopic (exact) mass is 385 g/mol. The minimum absolute atomic E-state index is 0.103. The predicted molar refractivity (Wildman–Crippen MR) is 103 cm³/mol. The summed E-state index contributed by atoms with van der Waals surface area (Å²) >= 11 is 0. The second-order valence-corrected chi connectivity index (χ2v) is 6.46. The van der Waals surface area contributed by atoms with Gasteiger partial charge in [0, 0.05) is 18.6 Å². The molecule has 0 amide bonds. The van der Waals surface area contributed by atoms with Crippen molar-refractivity contribution in [3.63, 3.8) is 0 Å². The number of rotatable bonds is 8. The molecule has 0 saturated heterocycles. The van der Waals surface area contributed by atoms with Gasteiger partial charge in [0.15, 0.2) is 0 Å². The van der Waals surface area contributed by atoms with Crippen LogP contribution < -0.4 is 0 Å². The average molecular weight is 385 g/mol. The molecule has 2 aromatic carbocycles. The highest BCUT2D eigenvalue weighted by molar-refractivity contribution is 5.89. The lowest BCUT2D eigenvalue weighted by Crippen LogP contribution is -2.24. The highest BCUT2D eigenvalue weighted by Gasteiger charge is 2.27. The van der Waals surface area contributed by atoms with Crippen LogP contribution in [-0.4, -0.2) is 30.1 Å². The van der Waals surface area contributed by atoms with Gasteiger partial charge >= 0.3 is 11.9 Å². The molecule has 1 unspecified atom stereocenters. The number of ether oxygens (including phenoxy) is 2. The van der Waals surface area contributed by atoms with Crippen LogP contribution in [0.4, 0.5) is 5.69 Å². The van der Waals surface area contributed by atoms with Gasteiger partial charge in [-0.2, -0.15) is 0 Å². The van der Waals surface area contributed by atoms with Crippen LogP contribution in [0.5, 0.6) is 0 Å². The smallest absolute Gasteiger partial charge is 0.338 e. The minimum atomic E-state index is -0.589. The Morgan fingerprint density at radius 1 is 1.07 bits per heavy atom. The van der Waals surface area contributed by atoms with Gasteiger partial charge in [0.25, 0.3) is 5.69 Å². The number of methoxy groups -OCH3 is 1. The van der Waals surface area contributed by atoms with Crippen LogP contribution in [0, 0.1) is 17.0 Å². The van der Waals surface area contributed by atoms with Crippen LogP contribution in [0.15, 0.2) is 48.5 Å². The summed E-state index contributed by atoms with van der Waals surface area (Å²) in [5, 5.41) is 10.7. The Balaban J connectivity index is 2.13. The Bertz CT molecular complexity index is 829. The van der Waals surface area contributed by atoms with Crippen LogP contribution in [0.1, 0.15) is 47.2 Å². The summed E-state index contributed by atoms with van der Waals surface area (Å²) in [7, 11) is 1.33. The number of hydrogen-bond donors (Lipinski definition) is 0. The number of carbonyl (C=O) groups excluding carboxylic acids is 2. The standard InChI is InChI=1S/C21H23NO6/c1-4-18(28-20(23)16-9-11-17(12-10-16)22(25)26)13-19(21(24)27-3)15-7-5-14(2)6-8-15/h5-12,18-19H,4,13H2,1-3H3/t18-,19?/m1/s1. The number of aryl methyl sites for hydroxylation is 1. The molecule has 0 fully saturated rings. The van der Waals surface area contributed by atoms with Gasteiger partial charge in [0.1, 0.15) is 6.10 Å². The van der Waals surface area contributed by atoms with Crippen molar-refractivity contribution >= 4 is 17.6 Å².